The number of anilines is 1. The summed E-state index contributed by atoms with van der Waals surface area (Å²) in [5.74, 6) is -1.27. The summed E-state index contributed by atoms with van der Waals surface area (Å²) in [4.78, 5) is 24.8. The molecule has 0 saturated heterocycles. The zero-order valence-electron chi connectivity index (χ0n) is 13.2. The molecule has 0 aliphatic carbocycles. The molecule has 8 heteroatoms. The third-order valence-corrected chi connectivity index (χ3v) is 4.70. The average Bonchev–Trinajstić information content (AvgIpc) is 2.82. The van der Waals surface area contributed by atoms with Crippen LogP contribution in [0.3, 0.4) is 0 Å². The van der Waals surface area contributed by atoms with Crippen molar-refractivity contribution in [3.05, 3.63) is 45.0 Å². The maximum absolute atomic E-state index is 13.1. The van der Waals surface area contributed by atoms with Crippen LogP contribution in [0.5, 0.6) is 5.75 Å². The minimum Gasteiger partial charge on any atom is -0.484 e. The lowest BCUT2D eigenvalue weighted by Crippen LogP contribution is -2.21. The highest BCUT2D eigenvalue weighted by molar-refractivity contribution is 7.16. The van der Waals surface area contributed by atoms with Gasteiger partial charge in [0, 0.05) is 10.9 Å². The second kappa shape index (κ2) is 7.63. The van der Waals surface area contributed by atoms with Gasteiger partial charge in [-0.3, -0.25) is 4.79 Å². The van der Waals surface area contributed by atoms with Gasteiger partial charge in [0.1, 0.15) is 16.6 Å². The lowest BCUT2D eigenvalue weighted by Gasteiger charge is -2.08. The largest absolute Gasteiger partial charge is 0.484 e. The van der Waals surface area contributed by atoms with Crippen molar-refractivity contribution in [1.82, 2.24) is 0 Å². The Bertz CT molecular complexity index is 791. The molecule has 0 bridgehead atoms. The van der Waals surface area contributed by atoms with Crippen LogP contribution in [0, 0.1) is 19.7 Å². The zero-order valence-corrected chi connectivity index (χ0v) is 14.8. The minimum atomic E-state index is -0.569. The van der Waals surface area contributed by atoms with Gasteiger partial charge >= 0.3 is 5.97 Å². The second-order valence-corrected chi connectivity index (χ2v) is 6.52. The molecule has 128 valence electrons. The summed E-state index contributed by atoms with van der Waals surface area (Å²) in [6, 6.07) is 3.80. The Balaban J connectivity index is 2.06. The number of nitrogens with one attached hydrogen (secondary N) is 1. The SMILES string of the molecule is COC(=O)c1c(NC(=O)COc2ccc(F)c(Cl)c2)sc(C)c1C. The third kappa shape index (κ3) is 4.04. The predicted octanol–water partition coefficient (Wildman–Crippen LogP) is 3.96. The van der Waals surface area contributed by atoms with Gasteiger partial charge in [0.2, 0.25) is 0 Å². The number of thiophene rings is 1. The van der Waals surface area contributed by atoms with Gasteiger partial charge in [-0.2, -0.15) is 0 Å². The number of benzene rings is 1. The van der Waals surface area contributed by atoms with E-state index < -0.39 is 17.7 Å². The van der Waals surface area contributed by atoms with E-state index >= 15 is 0 Å². The molecule has 1 amide bonds. The number of aryl methyl sites for hydroxylation is 1. The van der Waals surface area contributed by atoms with Crippen LogP contribution in [-0.4, -0.2) is 25.6 Å². The first-order valence-corrected chi connectivity index (χ1v) is 8.09. The van der Waals surface area contributed by atoms with Crippen molar-refractivity contribution in [3.63, 3.8) is 0 Å². The van der Waals surface area contributed by atoms with Crippen molar-refractivity contribution in [3.8, 4) is 5.75 Å². The first-order valence-electron chi connectivity index (χ1n) is 6.89. The van der Waals surface area contributed by atoms with E-state index in [2.05, 4.69) is 5.32 Å². The highest BCUT2D eigenvalue weighted by Gasteiger charge is 2.21. The van der Waals surface area contributed by atoms with Gasteiger partial charge in [0.05, 0.1) is 17.7 Å². The molecule has 0 unspecified atom stereocenters. The van der Waals surface area contributed by atoms with Crippen LogP contribution in [0.1, 0.15) is 20.8 Å². The van der Waals surface area contributed by atoms with Gasteiger partial charge in [-0.05, 0) is 31.5 Å². The van der Waals surface area contributed by atoms with Crippen molar-refractivity contribution in [2.45, 2.75) is 13.8 Å². The number of esters is 1. The fourth-order valence-corrected chi connectivity index (χ4v) is 3.18. The molecule has 0 aliphatic heterocycles. The number of carbonyl (C=O) groups excluding carboxylic acids is 2. The predicted molar refractivity (Wildman–Crippen MR) is 90.7 cm³/mol. The van der Waals surface area contributed by atoms with Gasteiger partial charge in [0.15, 0.2) is 6.61 Å². The van der Waals surface area contributed by atoms with E-state index in [1.165, 1.54) is 30.6 Å². The van der Waals surface area contributed by atoms with E-state index in [0.717, 1.165) is 16.5 Å². The van der Waals surface area contributed by atoms with Gasteiger partial charge in [-0.1, -0.05) is 11.6 Å². The number of hydrogen-bond acceptors (Lipinski definition) is 5. The second-order valence-electron chi connectivity index (χ2n) is 4.89. The van der Waals surface area contributed by atoms with Gasteiger partial charge in [-0.25, -0.2) is 9.18 Å². The fourth-order valence-electron chi connectivity index (χ4n) is 1.94. The monoisotopic (exact) mass is 371 g/mol. The molecule has 0 fully saturated rings. The Hall–Kier alpha value is -2.12. The van der Waals surface area contributed by atoms with Crippen LogP contribution in [0.2, 0.25) is 5.02 Å². The Kier molecular flexibility index (Phi) is 5.80. The van der Waals surface area contributed by atoms with Crippen molar-refractivity contribution in [2.75, 3.05) is 19.0 Å². The standard InChI is InChI=1S/C16H15ClFNO4S/c1-8-9(2)24-15(14(8)16(21)22-3)19-13(20)7-23-10-4-5-12(18)11(17)6-10/h4-6H,7H2,1-3H3,(H,19,20). The number of carbonyl (C=O) groups is 2. The van der Waals surface area contributed by atoms with E-state index in [-0.39, 0.29) is 17.4 Å². The molecule has 0 radical (unpaired) electrons. The third-order valence-electron chi connectivity index (χ3n) is 3.29. The van der Waals surface area contributed by atoms with Crippen LogP contribution < -0.4 is 10.1 Å². The smallest absolute Gasteiger partial charge is 0.341 e. The number of amides is 1. The highest BCUT2D eigenvalue weighted by Crippen LogP contribution is 2.33. The van der Waals surface area contributed by atoms with Crippen molar-refractivity contribution in [1.29, 1.82) is 0 Å². The summed E-state index contributed by atoms with van der Waals surface area (Å²) in [6.45, 7) is 3.32. The molecular formula is C16H15ClFNO4S. The van der Waals surface area contributed by atoms with Gasteiger partial charge in [0.25, 0.3) is 5.91 Å². The van der Waals surface area contributed by atoms with Crippen LogP contribution in [-0.2, 0) is 9.53 Å². The maximum atomic E-state index is 13.1. The molecule has 1 N–H and O–H groups in total. The van der Waals surface area contributed by atoms with E-state index in [9.17, 15) is 14.0 Å². The van der Waals surface area contributed by atoms with Crippen LogP contribution in [0.4, 0.5) is 9.39 Å². The molecule has 0 saturated carbocycles. The van der Waals surface area contributed by atoms with E-state index in [4.69, 9.17) is 21.1 Å². The number of hydrogen-bond donors (Lipinski definition) is 1. The normalized spacial score (nSPS) is 10.4. The Morgan fingerprint density at radius 1 is 1.33 bits per heavy atom. The lowest BCUT2D eigenvalue weighted by atomic mass is 10.1. The van der Waals surface area contributed by atoms with E-state index in [1.54, 1.807) is 6.92 Å². The molecule has 2 aromatic rings. The molecule has 5 nitrogen and oxygen atoms in total. The summed E-state index contributed by atoms with van der Waals surface area (Å²) in [6.07, 6.45) is 0. The molecule has 1 aromatic carbocycles. The summed E-state index contributed by atoms with van der Waals surface area (Å²) in [7, 11) is 1.28. The molecular weight excluding hydrogens is 357 g/mol. The summed E-state index contributed by atoms with van der Waals surface area (Å²) < 4.78 is 23.1. The number of methoxy groups -OCH3 is 1. The van der Waals surface area contributed by atoms with Crippen molar-refractivity contribution in [2.24, 2.45) is 0 Å². The van der Waals surface area contributed by atoms with Gasteiger partial charge < -0.3 is 14.8 Å². The van der Waals surface area contributed by atoms with Gasteiger partial charge in [-0.15, -0.1) is 11.3 Å². The first kappa shape index (κ1) is 18.2. The zero-order chi connectivity index (χ0) is 17.9. The highest BCUT2D eigenvalue weighted by atomic mass is 35.5. The fraction of sp³-hybridized carbons (Fsp3) is 0.250. The Morgan fingerprint density at radius 2 is 2.04 bits per heavy atom. The van der Waals surface area contributed by atoms with Crippen LogP contribution in [0.25, 0.3) is 0 Å². The molecule has 0 atom stereocenters. The van der Waals surface area contributed by atoms with Crippen LogP contribution >= 0.6 is 22.9 Å². The molecule has 0 aliphatic rings. The molecule has 1 heterocycles. The van der Waals surface area contributed by atoms with Crippen molar-refractivity contribution < 1.29 is 23.5 Å². The summed E-state index contributed by atoms with van der Waals surface area (Å²) in [5, 5.41) is 2.94. The van der Waals surface area contributed by atoms with Crippen molar-refractivity contribution >= 4 is 39.8 Å². The van der Waals surface area contributed by atoms with E-state index in [1.807, 2.05) is 6.92 Å². The maximum Gasteiger partial charge on any atom is 0.341 e. The number of ether oxygens (including phenoxy) is 2. The molecule has 24 heavy (non-hydrogen) atoms. The Labute approximate surface area is 147 Å². The van der Waals surface area contributed by atoms with E-state index in [0.29, 0.717) is 10.6 Å². The number of halogens is 2. The molecule has 1 aromatic heterocycles. The quantitative estimate of drug-likeness (QED) is 0.808. The summed E-state index contributed by atoms with van der Waals surface area (Å²) in [5.41, 5.74) is 1.09. The lowest BCUT2D eigenvalue weighted by molar-refractivity contribution is -0.118. The summed E-state index contributed by atoms with van der Waals surface area (Å²) >= 11 is 6.93. The number of rotatable bonds is 5. The molecule has 0 spiro atoms. The minimum absolute atomic E-state index is 0.0922. The first-order chi connectivity index (χ1) is 11.3. The Morgan fingerprint density at radius 3 is 2.67 bits per heavy atom. The van der Waals surface area contributed by atoms with Crippen LogP contribution in [0.15, 0.2) is 18.2 Å². The average molecular weight is 372 g/mol. The molecule has 2 rings (SSSR count). The topological polar surface area (TPSA) is 64.6 Å².